The van der Waals surface area contributed by atoms with Crippen molar-refractivity contribution in [2.45, 2.75) is 25.8 Å². The van der Waals surface area contributed by atoms with E-state index in [0.29, 0.717) is 18.7 Å². The Morgan fingerprint density at radius 1 is 1.38 bits per heavy atom. The lowest BCUT2D eigenvalue weighted by atomic mass is 10.2. The third-order valence-corrected chi connectivity index (χ3v) is 3.74. The summed E-state index contributed by atoms with van der Waals surface area (Å²) in [5, 5.41) is 5.36. The van der Waals surface area contributed by atoms with E-state index in [2.05, 4.69) is 26.6 Å². The highest BCUT2D eigenvalue weighted by molar-refractivity contribution is 9.10. The van der Waals surface area contributed by atoms with Crippen LogP contribution in [0.15, 0.2) is 22.7 Å². The van der Waals surface area contributed by atoms with Gasteiger partial charge in [-0.15, -0.1) is 0 Å². The third-order valence-electron chi connectivity index (χ3n) is 3.25. The molecule has 6 heteroatoms. The van der Waals surface area contributed by atoms with Crippen molar-refractivity contribution in [2.24, 2.45) is 5.92 Å². The van der Waals surface area contributed by atoms with Gasteiger partial charge in [0.1, 0.15) is 5.82 Å². The number of carbonyl (C=O) groups is 1. The topological polar surface area (TPSA) is 50.4 Å². The van der Waals surface area contributed by atoms with Crippen molar-refractivity contribution < 1.29 is 13.9 Å². The van der Waals surface area contributed by atoms with Gasteiger partial charge in [-0.1, -0.05) is 15.9 Å². The summed E-state index contributed by atoms with van der Waals surface area (Å²) >= 11 is 3.27. The van der Waals surface area contributed by atoms with E-state index in [4.69, 9.17) is 4.74 Å². The molecule has 0 atom stereocenters. The Morgan fingerprint density at radius 2 is 2.19 bits per heavy atom. The molecular formula is C15H20BrFN2O2. The summed E-state index contributed by atoms with van der Waals surface area (Å²) in [6.45, 7) is 2.22. The predicted molar refractivity (Wildman–Crippen MR) is 82.5 cm³/mol. The highest BCUT2D eigenvalue weighted by Gasteiger charge is 2.20. The number of urea groups is 1. The van der Waals surface area contributed by atoms with Gasteiger partial charge in [-0.3, -0.25) is 0 Å². The lowest BCUT2D eigenvalue weighted by Gasteiger charge is -2.09. The Balaban J connectivity index is 1.55. The number of halogens is 2. The molecule has 2 N–H and O–H groups in total. The number of ether oxygens (including phenoxy) is 1. The van der Waals surface area contributed by atoms with Gasteiger partial charge >= 0.3 is 6.03 Å². The smallest absolute Gasteiger partial charge is 0.315 e. The van der Waals surface area contributed by atoms with Crippen LogP contribution in [0.4, 0.5) is 9.18 Å². The molecule has 0 radical (unpaired) electrons. The minimum Gasteiger partial charge on any atom is -0.381 e. The van der Waals surface area contributed by atoms with Crippen LogP contribution < -0.4 is 10.6 Å². The Hall–Kier alpha value is -1.14. The number of nitrogens with one attached hydrogen (secondary N) is 2. The largest absolute Gasteiger partial charge is 0.381 e. The molecular weight excluding hydrogens is 339 g/mol. The second-order valence-corrected chi connectivity index (χ2v) is 6.13. The van der Waals surface area contributed by atoms with Crippen molar-refractivity contribution in [3.8, 4) is 0 Å². The first kappa shape index (κ1) is 16.2. The molecule has 1 aliphatic rings. The summed E-state index contributed by atoms with van der Waals surface area (Å²) in [6, 6.07) is 4.36. The van der Waals surface area contributed by atoms with E-state index in [9.17, 15) is 9.18 Å². The van der Waals surface area contributed by atoms with Crippen LogP contribution in [0, 0.1) is 11.7 Å². The number of amides is 2. The van der Waals surface area contributed by atoms with Crippen LogP contribution in [0.3, 0.4) is 0 Å². The SMILES string of the molecule is O=C(NCCCOCC1CC1)NCc1cc(Br)ccc1F. The molecule has 116 valence electrons. The van der Waals surface area contributed by atoms with Crippen LogP contribution in [0.2, 0.25) is 0 Å². The molecule has 4 nitrogen and oxygen atoms in total. The van der Waals surface area contributed by atoms with Crippen molar-refractivity contribution in [2.75, 3.05) is 19.8 Å². The van der Waals surface area contributed by atoms with Gasteiger partial charge in [0.15, 0.2) is 0 Å². The molecule has 1 aliphatic carbocycles. The van der Waals surface area contributed by atoms with E-state index in [1.165, 1.54) is 18.9 Å². The van der Waals surface area contributed by atoms with E-state index in [1.54, 1.807) is 12.1 Å². The fourth-order valence-corrected chi connectivity index (χ4v) is 2.24. The molecule has 2 rings (SSSR count). The van der Waals surface area contributed by atoms with Gasteiger partial charge in [-0.05, 0) is 43.4 Å². The van der Waals surface area contributed by atoms with E-state index in [0.717, 1.165) is 23.4 Å². The van der Waals surface area contributed by atoms with Crippen LogP contribution >= 0.6 is 15.9 Å². The molecule has 0 aromatic heterocycles. The molecule has 21 heavy (non-hydrogen) atoms. The Bertz CT molecular complexity index is 481. The first-order chi connectivity index (χ1) is 10.1. The number of hydrogen-bond donors (Lipinski definition) is 2. The van der Waals surface area contributed by atoms with Crippen molar-refractivity contribution >= 4 is 22.0 Å². The fourth-order valence-electron chi connectivity index (χ4n) is 1.83. The maximum absolute atomic E-state index is 13.5. The molecule has 0 spiro atoms. The van der Waals surface area contributed by atoms with Crippen molar-refractivity contribution in [3.63, 3.8) is 0 Å². The molecule has 0 bridgehead atoms. The van der Waals surface area contributed by atoms with E-state index < -0.39 is 0 Å². The third kappa shape index (κ3) is 6.44. The Morgan fingerprint density at radius 3 is 2.95 bits per heavy atom. The van der Waals surface area contributed by atoms with Gasteiger partial charge in [0.05, 0.1) is 0 Å². The second-order valence-electron chi connectivity index (χ2n) is 5.22. The molecule has 0 saturated heterocycles. The zero-order chi connectivity index (χ0) is 15.1. The first-order valence-corrected chi connectivity index (χ1v) is 7.98. The van der Waals surface area contributed by atoms with Gasteiger partial charge in [-0.2, -0.15) is 0 Å². The minimum absolute atomic E-state index is 0.162. The molecule has 1 fully saturated rings. The van der Waals surface area contributed by atoms with Gasteiger partial charge in [0, 0.05) is 36.3 Å². The summed E-state index contributed by atoms with van der Waals surface area (Å²) < 4.78 is 19.7. The van der Waals surface area contributed by atoms with Crippen molar-refractivity contribution in [3.05, 3.63) is 34.1 Å². The standard InChI is InChI=1S/C15H20BrFN2O2/c16-13-4-5-14(17)12(8-13)9-19-15(20)18-6-1-7-21-10-11-2-3-11/h4-5,8,11H,1-3,6-7,9-10H2,(H2,18,19,20). The van der Waals surface area contributed by atoms with E-state index in [1.807, 2.05) is 0 Å². The summed E-state index contributed by atoms with van der Waals surface area (Å²) in [7, 11) is 0. The zero-order valence-corrected chi connectivity index (χ0v) is 13.4. The average Bonchev–Trinajstić information content (AvgIpc) is 3.28. The van der Waals surface area contributed by atoms with Crippen LogP contribution in [0.5, 0.6) is 0 Å². The summed E-state index contributed by atoms with van der Waals surface area (Å²) in [5.41, 5.74) is 0.451. The maximum Gasteiger partial charge on any atom is 0.315 e. The zero-order valence-electron chi connectivity index (χ0n) is 11.8. The van der Waals surface area contributed by atoms with E-state index >= 15 is 0 Å². The molecule has 2 amide bonds. The molecule has 1 saturated carbocycles. The van der Waals surface area contributed by atoms with Gasteiger partial charge in [0.25, 0.3) is 0 Å². The number of rotatable bonds is 8. The maximum atomic E-state index is 13.5. The minimum atomic E-state index is -0.327. The molecule has 1 aromatic rings. The lowest BCUT2D eigenvalue weighted by Crippen LogP contribution is -2.36. The van der Waals surface area contributed by atoms with Crippen LogP contribution in [-0.4, -0.2) is 25.8 Å². The number of carbonyl (C=O) groups excluding carboxylic acids is 1. The monoisotopic (exact) mass is 358 g/mol. The van der Waals surface area contributed by atoms with Crippen molar-refractivity contribution in [1.29, 1.82) is 0 Å². The summed E-state index contributed by atoms with van der Waals surface area (Å²) in [5.74, 6) is 0.438. The number of benzene rings is 1. The fraction of sp³-hybridized carbons (Fsp3) is 0.533. The summed E-state index contributed by atoms with van der Waals surface area (Å²) in [6.07, 6.45) is 3.35. The quantitative estimate of drug-likeness (QED) is 0.701. The normalized spacial score (nSPS) is 14.0. The highest BCUT2D eigenvalue weighted by Crippen LogP contribution is 2.28. The Kier molecular flexibility index (Phi) is 6.45. The second kappa shape index (κ2) is 8.34. The van der Waals surface area contributed by atoms with Crippen LogP contribution in [0.1, 0.15) is 24.8 Å². The first-order valence-electron chi connectivity index (χ1n) is 7.18. The lowest BCUT2D eigenvalue weighted by molar-refractivity contribution is 0.122. The van der Waals surface area contributed by atoms with Gasteiger partial charge in [0.2, 0.25) is 0 Å². The highest BCUT2D eigenvalue weighted by atomic mass is 79.9. The summed E-state index contributed by atoms with van der Waals surface area (Å²) in [4.78, 5) is 11.6. The molecule has 0 heterocycles. The van der Waals surface area contributed by atoms with Crippen LogP contribution in [-0.2, 0) is 11.3 Å². The van der Waals surface area contributed by atoms with Crippen LogP contribution in [0.25, 0.3) is 0 Å². The molecule has 0 unspecified atom stereocenters. The van der Waals surface area contributed by atoms with Crippen molar-refractivity contribution in [1.82, 2.24) is 10.6 Å². The predicted octanol–water partition coefficient (Wildman–Crippen LogP) is 3.20. The molecule has 1 aromatic carbocycles. The number of hydrogen-bond acceptors (Lipinski definition) is 2. The van der Waals surface area contributed by atoms with E-state index in [-0.39, 0.29) is 18.4 Å². The van der Waals surface area contributed by atoms with Gasteiger partial charge < -0.3 is 15.4 Å². The van der Waals surface area contributed by atoms with Gasteiger partial charge in [-0.25, -0.2) is 9.18 Å². The Labute approximate surface area is 132 Å². The molecule has 0 aliphatic heterocycles. The average molecular weight is 359 g/mol.